The van der Waals surface area contributed by atoms with E-state index < -0.39 is 0 Å². The van der Waals surface area contributed by atoms with Crippen molar-refractivity contribution in [2.75, 3.05) is 0 Å². The van der Waals surface area contributed by atoms with E-state index in [1.54, 1.807) is 0 Å². The van der Waals surface area contributed by atoms with Crippen LogP contribution in [0.1, 0.15) is 54.4 Å². The maximum absolute atomic E-state index is 2.41. The first kappa shape index (κ1) is 10.5. The van der Waals surface area contributed by atoms with Crippen molar-refractivity contribution in [3.63, 3.8) is 0 Å². The summed E-state index contributed by atoms with van der Waals surface area (Å²) in [5, 5.41) is 0. The van der Waals surface area contributed by atoms with Gasteiger partial charge in [-0.1, -0.05) is 41.5 Å². The topological polar surface area (TPSA) is 0 Å². The molecule has 0 heterocycles. The molecular formula is C14H26. The van der Waals surface area contributed by atoms with E-state index in [2.05, 4.69) is 41.5 Å². The van der Waals surface area contributed by atoms with Gasteiger partial charge in [-0.05, 0) is 47.3 Å². The molecule has 0 nitrogen and oxygen atoms in total. The minimum absolute atomic E-state index is 0.565. The lowest BCUT2D eigenvalue weighted by Gasteiger charge is -2.20. The normalized spacial score (nSPS) is 42.4. The van der Waals surface area contributed by atoms with E-state index in [0.717, 1.165) is 23.7 Å². The zero-order chi connectivity index (χ0) is 10.7. The van der Waals surface area contributed by atoms with Crippen molar-refractivity contribution in [2.45, 2.75) is 54.4 Å². The fraction of sp³-hybridized carbons (Fsp3) is 1.00. The Balaban J connectivity index is 1.87. The fourth-order valence-corrected chi connectivity index (χ4v) is 3.37. The van der Waals surface area contributed by atoms with E-state index >= 15 is 0 Å². The van der Waals surface area contributed by atoms with Gasteiger partial charge >= 0.3 is 0 Å². The van der Waals surface area contributed by atoms with Gasteiger partial charge in [0.15, 0.2) is 0 Å². The summed E-state index contributed by atoms with van der Waals surface area (Å²) in [4.78, 5) is 0. The molecule has 0 aromatic rings. The second-order valence-electron chi connectivity index (χ2n) is 7.74. The minimum Gasteiger partial charge on any atom is -0.0599 e. The summed E-state index contributed by atoms with van der Waals surface area (Å²) >= 11 is 0. The molecule has 2 rings (SSSR count). The summed E-state index contributed by atoms with van der Waals surface area (Å²) in [7, 11) is 0. The average Bonchev–Trinajstić information content (AvgIpc) is 2.76. The van der Waals surface area contributed by atoms with Gasteiger partial charge in [0.05, 0.1) is 0 Å². The molecule has 0 saturated heterocycles. The van der Waals surface area contributed by atoms with E-state index in [0.29, 0.717) is 10.8 Å². The van der Waals surface area contributed by atoms with Crippen molar-refractivity contribution in [3.05, 3.63) is 0 Å². The Morgan fingerprint density at radius 2 is 0.929 bits per heavy atom. The van der Waals surface area contributed by atoms with Crippen molar-refractivity contribution < 1.29 is 0 Å². The highest BCUT2D eigenvalue weighted by molar-refractivity contribution is 5.07. The van der Waals surface area contributed by atoms with E-state index in [4.69, 9.17) is 0 Å². The van der Waals surface area contributed by atoms with Crippen molar-refractivity contribution in [1.82, 2.24) is 0 Å². The Kier molecular flexibility index (Phi) is 2.08. The van der Waals surface area contributed by atoms with Gasteiger partial charge in [-0.15, -0.1) is 0 Å². The molecule has 2 fully saturated rings. The van der Waals surface area contributed by atoms with E-state index in [1.165, 1.54) is 12.8 Å². The van der Waals surface area contributed by atoms with E-state index in [-0.39, 0.29) is 0 Å². The lowest BCUT2D eigenvalue weighted by atomic mass is 9.85. The van der Waals surface area contributed by atoms with Crippen molar-refractivity contribution in [2.24, 2.45) is 34.5 Å². The Bertz CT molecular complexity index is 199. The summed E-state index contributed by atoms with van der Waals surface area (Å²) in [6.07, 6.45) is 3.03. The van der Waals surface area contributed by atoms with Crippen LogP contribution in [-0.2, 0) is 0 Å². The van der Waals surface area contributed by atoms with E-state index in [1.807, 2.05) is 0 Å². The number of rotatable bonds is 1. The number of hydrogen-bond acceptors (Lipinski definition) is 0. The number of hydrogen-bond donors (Lipinski definition) is 0. The van der Waals surface area contributed by atoms with Gasteiger partial charge in [-0.2, -0.15) is 0 Å². The van der Waals surface area contributed by atoms with Crippen LogP contribution in [0.15, 0.2) is 0 Å². The molecule has 0 heteroatoms. The molecule has 0 aromatic carbocycles. The van der Waals surface area contributed by atoms with Gasteiger partial charge < -0.3 is 0 Å². The standard InChI is InChI=1S/C14H26/c1-13(2,3)11-7-9(11)10-8-12(10)14(4,5)6/h9-12H,7-8H2,1-6H3. The first-order valence-corrected chi connectivity index (χ1v) is 6.21. The van der Waals surface area contributed by atoms with Crippen LogP contribution < -0.4 is 0 Å². The van der Waals surface area contributed by atoms with Gasteiger partial charge in [0, 0.05) is 0 Å². The molecule has 0 aromatic heterocycles. The largest absolute Gasteiger partial charge is 0.0599 e. The van der Waals surface area contributed by atoms with Gasteiger partial charge in [0.25, 0.3) is 0 Å². The van der Waals surface area contributed by atoms with Crippen LogP contribution in [0.4, 0.5) is 0 Å². The first-order chi connectivity index (χ1) is 6.21. The van der Waals surface area contributed by atoms with Gasteiger partial charge in [0.2, 0.25) is 0 Å². The smallest absolute Gasteiger partial charge is 0.0331 e. The first-order valence-electron chi connectivity index (χ1n) is 6.21. The molecule has 4 atom stereocenters. The van der Waals surface area contributed by atoms with Crippen molar-refractivity contribution in [1.29, 1.82) is 0 Å². The molecule has 0 amide bonds. The molecule has 0 spiro atoms. The molecule has 4 unspecified atom stereocenters. The fourth-order valence-electron chi connectivity index (χ4n) is 3.37. The highest BCUT2D eigenvalue weighted by atomic mass is 14.6. The van der Waals surface area contributed by atoms with Gasteiger partial charge in [0.1, 0.15) is 0 Å². The predicted octanol–water partition coefficient (Wildman–Crippen LogP) is 4.35. The zero-order valence-electron chi connectivity index (χ0n) is 10.7. The lowest BCUT2D eigenvalue weighted by molar-refractivity contribution is 0.288. The molecule has 0 radical (unpaired) electrons. The molecule has 0 aliphatic heterocycles. The van der Waals surface area contributed by atoms with Crippen molar-refractivity contribution in [3.8, 4) is 0 Å². The van der Waals surface area contributed by atoms with Crippen LogP contribution in [0.2, 0.25) is 0 Å². The zero-order valence-corrected chi connectivity index (χ0v) is 10.7. The van der Waals surface area contributed by atoms with Crippen LogP contribution in [0.5, 0.6) is 0 Å². The summed E-state index contributed by atoms with van der Waals surface area (Å²) in [6, 6.07) is 0. The summed E-state index contributed by atoms with van der Waals surface area (Å²) < 4.78 is 0. The third-order valence-corrected chi connectivity index (χ3v) is 4.45. The predicted molar refractivity (Wildman–Crippen MR) is 62.1 cm³/mol. The average molecular weight is 194 g/mol. The van der Waals surface area contributed by atoms with Gasteiger partial charge in [-0.25, -0.2) is 0 Å². The van der Waals surface area contributed by atoms with Crippen LogP contribution in [0.3, 0.4) is 0 Å². The summed E-state index contributed by atoms with van der Waals surface area (Å²) in [6.45, 7) is 14.5. The Morgan fingerprint density at radius 3 is 1.07 bits per heavy atom. The Morgan fingerprint density at radius 1 is 0.643 bits per heavy atom. The highest BCUT2D eigenvalue weighted by Gasteiger charge is 2.58. The molecule has 2 aliphatic carbocycles. The maximum Gasteiger partial charge on any atom is -0.0331 e. The third-order valence-electron chi connectivity index (χ3n) is 4.45. The molecule has 2 aliphatic rings. The summed E-state index contributed by atoms with van der Waals surface area (Å²) in [5.41, 5.74) is 1.13. The SMILES string of the molecule is CC(C)(C)C1CC1C1CC1C(C)(C)C. The molecule has 14 heavy (non-hydrogen) atoms. The second kappa shape index (κ2) is 2.77. The van der Waals surface area contributed by atoms with Gasteiger partial charge in [-0.3, -0.25) is 0 Å². The lowest BCUT2D eigenvalue weighted by Crippen LogP contribution is -2.13. The van der Waals surface area contributed by atoms with Crippen LogP contribution >= 0.6 is 0 Å². The second-order valence-corrected chi connectivity index (χ2v) is 7.74. The Hall–Kier alpha value is 0. The monoisotopic (exact) mass is 194 g/mol. The molecule has 0 N–H and O–H groups in total. The molecular weight excluding hydrogens is 168 g/mol. The third kappa shape index (κ3) is 1.85. The maximum atomic E-state index is 2.41. The minimum atomic E-state index is 0.565. The van der Waals surface area contributed by atoms with Crippen LogP contribution in [-0.4, -0.2) is 0 Å². The van der Waals surface area contributed by atoms with Crippen molar-refractivity contribution >= 4 is 0 Å². The summed E-state index contributed by atoms with van der Waals surface area (Å²) in [5.74, 6) is 4.22. The quantitative estimate of drug-likeness (QED) is 0.582. The van der Waals surface area contributed by atoms with Crippen LogP contribution in [0, 0.1) is 34.5 Å². The van der Waals surface area contributed by atoms with Crippen LogP contribution in [0.25, 0.3) is 0 Å². The molecule has 2 saturated carbocycles. The molecule has 82 valence electrons. The highest BCUT2D eigenvalue weighted by Crippen LogP contribution is 2.66. The molecule has 0 bridgehead atoms. The Labute approximate surface area is 89.5 Å². The van der Waals surface area contributed by atoms with E-state index in [9.17, 15) is 0 Å².